The van der Waals surface area contributed by atoms with Crippen LogP contribution in [-0.2, 0) is 21.1 Å². The van der Waals surface area contributed by atoms with Gasteiger partial charge in [0.05, 0.1) is 26.0 Å². The molecule has 1 amide bonds. The third kappa shape index (κ3) is 8.41. The predicted molar refractivity (Wildman–Crippen MR) is 98.4 cm³/mol. The number of methoxy groups -OCH3 is 1. The number of nitrogens with two attached hydrogens (primary N) is 1. The SMILES string of the molecule is COc1ccc(CS[C@H]2C[C@H](C(N)=O)[N+](C)(CCF)C2)cc1.O=S(=O)([O-])F. The monoisotopic (exact) mass is 426 g/mol. The van der Waals surface area contributed by atoms with Crippen LogP contribution in [0.1, 0.15) is 12.0 Å². The summed E-state index contributed by atoms with van der Waals surface area (Å²) in [5.74, 6) is 1.40. The van der Waals surface area contributed by atoms with Gasteiger partial charge in [-0.3, -0.25) is 4.79 Å². The standard InChI is InChI=1S/C16H23FN2O2S.FHO3S/c1-19(8-7-17)10-14(9-15(19)16(18)20)22-11-12-3-5-13(21-2)6-4-12;1-5(2,3)4/h3-6,14-15H,7-11H2,1-2H3,(H-,18,20);(H,2,3,4)/t14-,15+,19?;/m0./s1. The quantitative estimate of drug-likeness (QED) is 0.401. The Morgan fingerprint density at radius 3 is 2.41 bits per heavy atom. The smallest absolute Gasteiger partial charge is 0.275 e. The van der Waals surface area contributed by atoms with Crippen molar-refractivity contribution in [3.63, 3.8) is 0 Å². The molecule has 27 heavy (non-hydrogen) atoms. The van der Waals surface area contributed by atoms with Crippen LogP contribution in [0.2, 0.25) is 0 Å². The summed E-state index contributed by atoms with van der Waals surface area (Å²) in [6, 6.07) is 7.70. The fourth-order valence-electron chi connectivity index (χ4n) is 3.09. The minimum Gasteiger partial charge on any atom is -0.722 e. The first kappa shape index (κ1) is 23.6. The molecule has 0 radical (unpaired) electrons. The summed E-state index contributed by atoms with van der Waals surface area (Å²) < 4.78 is 53.7. The molecule has 11 heteroatoms. The third-order valence-corrected chi connectivity index (χ3v) is 5.74. The first-order valence-electron chi connectivity index (χ1n) is 8.08. The second-order valence-electron chi connectivity index (χ2n) is 6.40. The van der Waals surface area contributed by atoms with Gasteiger partial charge in [0.25, 0.3) is 16.4 Å². The Morgan fingerprint density at radius 1 is 1.41 bits per heavy atom. The van der Waals surface area contributed by atoms with Gasteiger partial charge in [-0.25, -0.2) is 12.8 Å². The zero-order chi connectivity index (χ0) is 20.7. The number of primary amides is 1. The van der Waals surface area contributed by atoms with Crippen LogP contribution in [-0.4, -0.2) is 68.6 Å². The first-order valence-corrected chi connectivity index (χ1v) is 10.4. The van der Waals surface area contributed by atoms with Gasteiger partial charge in [0.2, 0.25) is 0 Å². The lowest BCUT2D eigenvalue weighted by atomic mass is 10.2. The van der Waals surface area contributed by atoms with E-state index in [9.17, 15) is 13.1 Å². The summed E-state index contributed by atoms with van der Waals surface area (Å²) in [5, 5.41) is 0.330. The summed E-state index contributed by atoms with van der Waals surface area (Å²) in [6.07, 6.45) is 0.729. The molecule has 2 N–H and O–H groups in total. The average molecular weight is 427 g/mol. The van der Waals surface area contributed by atoms with Crippen molar-refractivity contribution in [2.45, 2.75) is 23.5 Å². The highest BCUT2D eigenvalue weighted by atomic mass is 32.3. The number of rotatable bonds is 7. The largest absolute Gasteiger partial charge is 0.722 e. The minimum absolute atomic E-state index is 0.274. The van der Waals surface area contributed by atoms with E-state index in [0.29, 0.717) is 16.3 Å². The van der Waals surface area contributed by atoms with Gasteiger partial charge >= 0.3 is 0 Å². The number of carbonyl (C=O) groups is 1. The number of carbonyl (C=O) groups excluding carboxylic acids is 1. The Kier molecular flexibility index (Phi) is 8.92. The van der Waals surface area contributed by atoms with Crippen molar-refractivity contribution in [3.8, 4) is 5.75 Å². The van der Waals surface area contributed by atoms with Gasteiger partial charge in [0.15, 0.2) is 6.04 Å². The Morgan fingerprint density at radius 2 is 1.96 bits per heavy atom. The summed E-state index contributed by atoms with van der Waals surface area (Å²) in [6.45, 7) is 0.724. The number of ether oxygens (including phenoxy) is 1. The van der Waals surface area contributed by atoms with Gasteiger partial charge in [0, 0.05) is 12.2 Å². The van der Waals surface area contributed by atoms with Crippen molar-refractivity contribution >= 4 is 28.2 Å². The highest BCUT2D eigenvalue weighted by molar-refractivity contribution is 7.99. The Hall–Kier alpha value is -1.43. The van der Waals surface area contributed by atoms with Crippen molar-refractivity contribution in [2.75, 3.05) is 33.9 Å². The molecular formula is C16H24F2N2O5S2. The maximum atomic E-state index is 12.8. The van der Waals surface area contributed by atoms with Crippen molar-refractivity contribution in [3.05, 3.63) is 29.8 Å². The molecule has 3 atom stereocenters. The van der Waals surface area contributed by atoms with Crippen molar-refractivity contribution in [2.24, 2.45) is 5.73 Å². The number of hydrogen-bond acceptors (Lipinski definition) is 6. The maximum Gasteiger partial charge on any atom is 0.275 e. The normalized spacial score (nSPS) is 24.8. The number of nitrogens with zero attached hydrogens (tertiary/aromatic N) is 1. The molecule has 0 aromatic heterocycles. The number of thioether (sulfide) groups is 1. The van der Waals surface area contributed by atoms with Crippen LogP contribution < -0.4 is 10.5 Å². The number of hydrogen-bond donors (Lipinski definition) is 1. The molecule has 1 aromatic rings. The molecule has 0 spiro atoms. The Bertz CT molecular complexity index is 710. The van der Waals surface area contributed by atoms with E-state index in [4.69, 9.17) is 23.4 Å². The second kappa shape index (κ2) is 10.2. The molecule has 1 heterocycles. The lowest BCUT2D eigenvalue weighted by Crippen LogP contribution is -2.55. The minimum atomic E-state index is -5.42. The van der Waals surface area contributed by atoms with E-state index in [1.165, 1.54) is 5.56 Å². The number of quaternary nitrogens is 1. The van der Waals surface area contributed by atoms with Gasteiger partial charge < -0.3 is 19.5 Å². The van der Waals surface area contributed by atoms with Crippen LogP contribution in [0, 0.1) is 0 Å². The summed E-state index contributed by atoms with van der Waals surface area (Å²) in [4.78, 5) is 11.6. The van der Waals surface area contributed by atoms with E-state index in [0.717, 1.165) is 24.5 Å². The fraction of sp³-hybridized carbons (Fsp3) is 0.562. The fourth-order valence-corrected chi connectivity index (χ4v) is 4.48. The van der Waals surface area contributed by atoms with Gasteiger partial charge in [-0.1, -0.05) is 12.1 Å². The Balaban J connectivity index is 0.000000646. The number of alkyl halides is 1. The molecule has 0 saturated carbocycles. The number of halogens is 2. The third-order valence-electron chi connectivity index (χ3n) is 4.43. The molecule has 1 aromatic carbocycles. The van der Waals surface area contributed by atoms with Gasteiger partial charge in [-0.15, -0.1) is 15.6 Å². The van der Waals surface area contributed by atoms with Crippen molar-refractivity contribution in [1.82, 2.24) is 0 Å². The molecule has 7 nitrogen and oxygen atoms in total. The lowest BCUT2D eigenvalue weighted by Gasteiger charge is -2.33. The van der Waals surface area contributed by atoms with E-state index in [1.807, 2.05) is 43.1 Å². The van der Waals surface area contributed by atoms with E-state index in [1.54, 1.807) is 7.11 Å². The van der Waals surface area contributed by atoms with Gasteiger partial charge in [0.1, 0.15) is 19.0 Å². The topological polar surface area (TPSA) is 110 Å². The molecule has 2 rings (SSSR count). The molecule has 1 fully saturated rings. The van der Waals surface area contributed by atoms with Crippen molar-refractivity contribution in [1.29, 1.82) is 0 Å². The van der Waals surface area contributed by atoms with Crippen LogP contribution in [0.5, 0.6) is 5.75 Å². The molecule has 1 unspecified atom stereocenters. The van der Waals surface area contributed by atoms with Crippen LogP contribution >= 0.6 is 11.8 Å². The zero-order valence-corrected chi connectivity index (χ0v) is 16.8. The maximum absolute atomic E-state index is 12.8. The summed E-state index contributed by atoms with van der Waals surface area (Å²) in [7, 11) is -1.83. The Labute approximate surface area is 162 Å². The summed E-state index contributed by atoms with van der Waals surface area (Å²) >= 11 is 1.81. The van der Waals surface area contributed by atoms with Crippen LogP contribution in [0.3, 0.4) is 0 Å². The van der Waals surface area contributed by atoms with Gasteiger partial charge in [-0.05, 0) is 17.7 Å². The van der Waals surface area contributed by atoms with E-state index in [2.05, 4.69) is 0 Å². The predicted octanol–water partition coefficient (Wildman–Crippen LogP) is 1.39. The number of amides is 1. The molecule has 1 aliphatic rings. The van der Waals surface area contributed by atoms with Crippen LogP contribution in [0.15, 0.2) is 24.3 Å². The molecule has 1 aliphatic heterocycles. The molecule has 1 saturated heterocycles. The lowest BCUT2D eigenvalue weighted by molar-refractivity contribution is -0.911. The van der Waals surface area contributed by atoms with Crippen molar-refractivity contribution < 1.29 is 35.3 Å². The zero-order valence-electron chi connectivity index (χ0n) is 15.1. The molecule has 0 aliphatic carbocycles. The van der Waals surface area contributed by atoms with E-state index in [-0.39, 0.29) is 11.9 Å². The second-order valence-corrected chi connectivity index (χ2v) is 8.48. The number of benzene rings is 1. The molecular weight excluding hydrogens is 402 g/mol. The summed E-state index contributed by atoms with van der Waals surface area (Å²) in [5.41, 5.74) is 6.72. The van der Waals surface area contributed by atoms with Crippen LogP contribution in [0.4, 0.5) is 8.28 Å². The van der Waals surface area contributed by atoms with E-state index < -0.39 is 17.2 Å². The van der Waals surface area contributed by atoms with Gasteiger partial charge in [-0.2, -0.15) is 0 Å². The van der Waals surface area contributed by atoms with Crippen LogP contribution in [0.25, 0.3) is 0 Å². The van der Waals surface area contributed by atoms with E-state index >= 15 is 0 Å². The highest BCUT2D eigenvalue weighted by Crippen LogP contribution is 2.34. The molecule has 154 valence electrons. The molecule has 0 bridgehead atoms. The highest BCUT2D eigenvalue weighted by Gasteiger charge is 2.46. The number of likely N-dealkylation sites (tertiary alicyclic amines) is 1. The first-order chi connectivity index (χ1) is 12.5. The number of likely N-dealkylation sites (N-methyl/N-ethyl adjacent to an activating group) is 1. The average Bonchev–Trinajstić information content (AvgIpc) is 2.89.